The van der Waals surface area contributed by atoms with E-state index in [0.29, 0.717) is 13.2 Å². The summed E-state index contributed by atoms with van der Waals surface area (Å²) in [5.74, 6) is 1.80. The smallest absolute Gasteiger partial charge is 0.122 e. The highest BCUT2D eigenvalue weighted by Crippen LogP contribution is 2.19. The Labute approximate surface area is 118 Å². The van der Waals surface area contributed by atoms with E-state index in [0.717, 1.165) is 36.6 Å². The van der Waals surface area contributed by atoms with Crippen LogP contribution in [0, 0.1) is 0 Å². The average molecular weight is 273 g/mol. The molecule has 1 saturated heterocycles. The van der Waals surface area contributed by atoms with E-state index in [9.17, 15) is 0 Å². The molecular formula is C16H19NO3. The molecule has 1 aliphatic rings. The van der Waals surface area contributed by atoms with Gasteiger partial charge in [-0.25, -0.2) is 0 Å². The lowest BCUT2D eigenvalue weighted by Crippen LogP contribution is -2.16. The van der Waals surface area contributed by atoms with E-state index in [2.05, 4.69) is 5.32 Å². The van der Waals surface area contributed by atoms with Gasteiger partial charge in [0.25, 0.3) is 0 Å². The lowest BCUT2D eigenvalue weighted by molar-refractivity contribution is 0.0679. The van der Waals surface area contributed by atoms with Crippen LogP contribution in [0.3, 0.4) is 0 Å². The number of hydrogen-bond acceptors (Lipinski definition) is 4. The van der Waals surface area contributed by atoms with Crippen LogP contribution in [0.2, 0.25) is 0 Å². The van der Waals surface area contributed by atoms with Gasteiger partial charge in [-0.1, -0.05) is 0 Å². The number of rotatable bonds is 6. The van der Waals surface area contributed by atoms with E-state index in [1.165, 1.54) is 0 Å². The third kappa shape index (κ3) is 3.54. The molecule has 1 fully saturated rings. The van der Waals surface area contributed by atoms with E-state index in [-0.39, 0.29) is 6.10 Å². The molecular weight excluding hydrogens is 254 g/mol. The topological polar surface area (TPSA) is 43.6 Å². The van der Waals surface area contributed by atoms with Crippen molar-refractivity contribution in [3.05, 3.63) is 48.4 Å². The fourth-order valence-corrected chi connectivity index (χ4v) is 2.24. The normalized spacial score (nSPS) is 18.1. The fraction of sp³-hybridized carbons (Fsp3) is 0.375. The summed E-state index contributed by atoms with van der Waals surface area (Å²) >= 11 is 0. The predicted molar refractivity (Wildman–Crippen MR) is 76.9 cm³/mol. The van der Waals surface area contributed by atoms with E-state index in [4.69, 9.17) is 13.9 Å². The summed E-state index contributed by atoms with van der Waals surface area (Å²) in [4.78, 5) is 0. The highest BCUT2D eigenvalue weighted by Gasteiger charge is 2.15. The van der Waals surface area contributed by atoms with Crippen molar-refractivity contribution in [2.45, 2.75) is 25.5 Å². The van der Waals surface area contributed by atoms with Gasteiger partial charge in [0, 0.05) is 12.3 Å². The Morgan fingerprint density at radius 1 is 1.20 bits per heavy atom. The van der Waals surface area contributed by atoms with Crippen LogP contribution in [0.25, 0.3) is 0 Å². The molecule has 106 valence electrons. The number of furan rings is 1. The minimum absolute atomic E-state index is 0.256. The molecule has 0 amide bonds. The second kappa shape index (κ2) is 6.48. The molecule has 1 aromatic heterocycles. The molecule has 4 nitrogen and oxygen atoms in total. The van der Waals surface area contributed by atoms with Crippen molar-refractivity contribution in [1.29, 1.82) is 0 Å². The van der Waals surface area contributed by atoms with Crippen molar-refractivity contribution in [2.75, 3.05) is 18.5 Å². The molecule has 1 aliphatic heterocycles. The first-order valence-electron chi connectivity index (χ1n) is 7.01. The summed E-state index contributed by atoms with van der Waals surface area (Å²) in [6, 6.07) is 11.8. The summed E-state index contributed by atoms with van der Waals surface area (Å²) in [7, 11) is 0. The third-order valence-corrected chi connectivity index (χ3v) is 3.36. The molecule has 0 radical (unpaired) electrons. The number of anilines is 1. The fourth-order valence-electron chi connectivity index (χ4n) is 2.24. The molecule has 2 aromatic rings. The molecule has 1 unspecified atom stereocenters. The Balaban J connectivity index is 1.46. The van der Waals surface area contributed by atoms with Gasteiger partial charge >= 0.3 is 0 Å². The van der Waals surface area contributed by atoms with Gasteiger partial charge in [-0.05, 0) is 49.2 Å². The van der Waals surface area contributed by atoms with Crippen LogP contribution >= 0.6 is 0 Å². The van der Waals surface area contributed by atoms with Gasteiger partial charge < -0.3 is 19.2 Å². The van der Waals surface area contributed by atoms with Crippen molar-refractivity contribution < 1.29 is 13.9 Å². The molecule has 2 heterocycles. The summed E-state index contributed by atoms with van der Waals surface area (Å²) in [6.45, 7) is 2.19. The second-order valence-corrected chi connectivity index (χ2v) is 4.90. The van der Waals surface area contributed by atoms with Crippen LogP contribution in [0.4, 0.5) is 5.69 Å². The lowest BCUT2D eigenvalue weighted by atomic mass is 10.2. The second-order valence-electron chi connectivity index (χ2n) is 4.90. The van der Waals surface area contributed by atoms with Crippen molar-refractivity contribution >= 4 is 5.69 Å². The first-order chi connectivity index (χ1) is 9.90. The first-order valence-corrected chi connectivity index (χ1v) is 7.01. The Morgan fingerprint density at radius 2 is 2.10 bits per heavy atom. The van der Waals surface area contributed by atoms with Crippen LogP contribution < -0.4 is 10.1 Å². The van der Waals surface area contributed by atoms with Crippen molar-refractivity contribution in [3.8, 4) is 5.75 Å². The Bertz CT molecular complexity index is 501. The van der Waals surface area contributed by atoms with Gasteiger partial charge in [-0.15, -0.1) is 0 Å². The number of ether oxygens (including phenoxy) is 2. The maximum absolute atomic E-state index is 5.72. The Hall–Kier alpha value is -1.94. The molecule has 1 atom stereocenters. The van der Waals surface area contributed by atoms with Gasteiger partial charge in [-0.2, -0.15) is 0 Å². The van der Waals surface area contributed by atoms with Gasteiger partial charge in [0.15, 0.2) is 0 Å². The highest BCUT2D eigenvalue weighted by molar-refractivity contribution is 5.46. The van der Waals surface area contributed by atoms with Crippen molar-refractivity contribution in [1.82, 2.24) is 0 Å². The molecule has 1 aromatic carbocycles. The van der Waals surface area contributed by atoms with E-state index >= 15 is 0 Å². The van der Waals surface area contributed by atoms with Crippen LogP contribution in [0.15, 0.2) is 47.1 Å². The number of hydrogen-bond donors (Lipinski definition) is 1. The quantitative estimate of drug-likeness (QED) is 0.875. The Morgan fingerprint density at radius 3 is 2.80 bits per heavy atom. The summed E-state index contributed by atoms with van der Waals surface area (Å²) in [5, 5.41) is 3.30. The van der Waals surface area contributed by atoms with Crippen LogP contribution in [0.1, 0.15) is 18.6 Å². The van der Waals surface area contributed by atoms with Gasteiger partial charge in [0.05, 0.1) is 18.9 Å². The maximum atomic E-state index is 5.72. The monoisotopic (exact) mass is 273 g/mol. The lowest BCUT2D eigenvalue weighted by Gasteiger charge is -2.12. The minimum Gasteiger partial charge on any atom is -0.491 e. The van der Waals surface area contributed by atoms with Crippen LogP contribution in [0.5, 0.6) is 5.75 Å². The molecule has 0 spiro atoms. The molecule has 0 saturated carbocycles. The summed E-state index contributed by atoms with van der Waals surface area (Å²) in [5.41, 5.74) is 1.05. The standard InChI is InChI=1S/C16H19NO3/c1-3-15(18-9-1)11-17-13-5-7-14(8-6-13)20-12-16-4-2-10-19-16/h1,3,5-9,16-17H,2,4,10-12H2. The zero-order chi connectivity index (χ0) is 13.6. The largest absolute Gasteiger partial charge is 0.491 e. The summed E-state index contributed by atoms with van der Waals surface area (Å²) in [6.07, 6.45) is 4.18. The third-order valence-electron chi connectivity index (χ3n) is 3.36. The molecule has 1 N–H and O–H groups in total. The Kier molecular flexibility index (Phi) is 4.23. The zero-order valence-corrected chi connectivity index (χ0v) is 11.4. The van der Waals surface area contributed by atoms with Gasteiger partial charge in [-0.3, -0.25) is 0 Å². The SMILES string of the molecule is c1coc(CNc2ccc(OCC3CCCO3)cc2)c1. The molecule has 3 rings (SSSR count). The van der Waals surface area contributed by atoms with Crippen LogP contribution in [-0.4, -0.2) is 19.3 Å². The van der Waals surface area contributed by atoms with Crippen LogP contribution in [-0.2, 0) is 11.3 Å². The van der Waals surface area contributed by atoms with Gasteiger partial charge in [0.2, 0.25) is 0 Å². The van der Waals surface area contributed by atoms with E-state index in [1.54, 1.807) is 6.26 Å². The van der Waals surface area contributed by atoms with E-state index < -0.39 is 0 Å². The minimum atomic E-state index is 0.256. The zero-order valence-electron chi connectivity index (χ0n) is 11.4. The van der Waals surface area contributed by atoms with Crippen molar-refractivity contribution in [2.24, 2.45) is 0 Å². The maximum Gasteiger partial charge on any atom is 0.122 e. The molecule has 20 heavy (non-hydrogen) atoms. The predicted octanol–water partition coefficient (Wildman–Crippen LogP) is 3.45. The highest BCUT2D eigenvalue weighted by atomic mass is 16.5. The molecule has 4 heteroatoms. The van der Waals surface area contributed by atoms with Crippen molar-refractivity contribution in [3.63, 3.8) is 0 Å². The van der Waals surface area contributed by atoms with E-state index in [1.807, 2.05) is 36.4 Å². The summed E-state index contributed by atoms with van der Waals surface area (Å²) < 4.78 is 16.5. The average Bonchev–Trinajstić information content (AvgIpc) is 3.17. The molecule has 0 aliphatic carbocycles. The number of benzene rings is 1. The van der Waals surface area contributed by atoms with Gasteiger partial charge in [0.1, 0.15) is 18.1 Å². The first kappa shape index (κ1) is 13.1. The molecule has 0 bridgehead atoms. The number of nitrogens with one attached hydrogen (secondary N) is 1.